The Morgan fingerprint density at radius 2 is 2.00 bits per heavy atom. The van der Waals surface area contributed by atoms with Crippen molar-refractivity contribution in [3.63, 3.8) is 0 Å². The summed E-state index contributed by atoms with van der Waals surface area (Å²) >= 11 is 4.18. The van der Waals surface area contributed by atoms with Gasteiger partial charge in [-0.25, -0.2) is 0 Å². The van der Waals surface area contributed by atoms with Crippen molar-refractivity contribution in [3.05, 3.63) is 23.5 Å². The molecule has 0 aliphatic rings. The van der Waals surface area contributed by atoms with Gasteiger partial charge in [-0.1, -0.05) is 0 Å². The van der Waals surface area contributed by atoms with Gasteiger partial charge in [0.05, 0.1) is 5.69 Å². The van der Waals surface area contributed by atoms with E-state index in [2.05, 4.69) is 17.6 Å². The van der Waals surface area contributed by atoms with Gasteiger partial charge in [0.1, 0.15) is 0 Å². The summed E-state index contributed by atoms with van der Waals surface area (Å²) in [5.74, 6) is 0. The highest BCUT2D eigenvalue weighted by atomic mass is 32.1. The largest absolute Gasteiger partial charge is 0.257 e. The maximum atomic E-state index is 4.20. The highest BCUT2D eigenvalue weighted by Gasteiger charge is 1.91. The van der Waals surface area contributed by atoms with E-state index in [1.54, 1.807) is 0 Å². The Morgan fingerprint density at radius 1 is 1.33 bits per heavy atom. The van der Waals surface area contributed by atoms with Crippen LogP contribution >= 0.6 is 12.6 Å². The molecule has 1 aromatic heterocycles. The van der Waals surface area contributed by atoms with Crippen molar-refractivity contribution in [1.82, 2.24) is 4.98 Å². The predicted molar refractivity (Wildman–Crippen MR) is 41.0 cm³/mol. The molecule has 0 bridgehead atoms. The first-order chi connectivity index (χ1) is 4.20. The van der Waals surface area contributed by atoms with E-state index in [9.17, 15) is 0 Å². The molecule has 0 saturated heterocycles. The molecule has 0 radical (unpaired) electrons. The summed E-state index contributed by atoms with van der Waals surface area (Å²) in [4.78, 5) is 5.16. The van der Waals surface area contributed by atoms with Crippen molar-refractivity contribution in [3.8, 4) is 0 Å². The summed E-state index contributed by atoms with van der Waals surface area (Å²) in [5.41, 5.74) is 2.05. The number of hydrogen-bond donors (Lipinski definition) is 1. The van der Waals surface area contributed by atoms with Crippen LogP contribution in [0.5, 0.6) is 0 Å². The van der Waals surface area contributed by atoms with Crippen LogP contribution in [0, 0.1) is 13.8 Å². The Balaban J connectivity index is 3.17. The van der Waals surface area contributed by atoms with E-state index in [1.165, 1.54) is 0 Å². The molecule has 0 atom stereocenters. The number of aromatic nitrogens is 1. The standard InChI is InChI=1S/C7H9NS/c1-5-3-4-7(9)6(2)8-5/h3-4,9H,1-2H3. The van der Waals surface area contributed by atoms with Crippen molar-refractivity contribution in [2.75, 3.05) is 0 Å². The zero-order valence-electron chi connectivity index (χ0n) is 5.55. The third-order valence-electron chi connectivity index (χ3n) is 1.20. The van der Waals surface area contributed by atoms with E-state index in [0.29, 0.717) is 0 Å². The van der Waals surface area contributed by atoms with Crippen LogP contribution in [0.2, 0.25) is 0 Å². The molecule has 1 heterocycles. The Morgan fingerprint density at radius 3 is 2.44 bits per heavy atom. The van der Waals surface area contributed by atoms with Crippen LogP contribution in [0.25, 0.3) is 0 Å². The van der Waals surface area contributed by atoms with Crippen molar-refractivity contribution >= 4 is 12.6 Å². The highest BCUT2D eigenvalue weighted by Crippen LogP contribution is 2.09. The quantitative estimate of drug-likeness (QED) is 0.542. The van der Waals surface area contributed by atoms with E-state index in [0.717, 1.165) is 16.3 Å². The molecule has 0 N–H and O–H groups in total. The summed E-state index contributed by atoms with van der Waals surface area (Å²) in [7, 11) is 0. The third kappa shape index (κ3) is 1.45. The fraction of sp³-hybridized carbons (Fsp3) is 0.286. The van der Waals surface area contributed by atoms with E-state index in [1.807, 2.05) is 26.0 Å². The lowest BCUT2D eigenvalue weighted by molar-refractivity contribution is 1.06. The van der Waals surface area contributed by atoms with Crippen LogP contribution in [0.1, 0.15) is 11.4 Å². The summed E-state index contributed by atoms with van der Waals surface area (Å²) in [6, 6.07) is 3.91. The Labute approximate surface area is 60.5 Å². The van der Waals surface area contributed by atoms with Crippen molar-refractivity contribution < 1.29 is 0 Å². The molecule has 0 spiro atoms. The second-order valence-corrected chi connectivity index (χ2v) is 2.54. The Bertz CT molecular complexity index is 220. The molecular weight excluding hydrogens is 130 g/mol. The van der Waals surface area contributed by atoms with Crippen molar-refractivity contribution in [1.29, 1.82) is 0 Å². The van der Waals surface area contributed by atoms with Gasteiger partial charge < -0.3 is 0 Å². The average Bonchev–Trinajstić information content (AvgIpc) is 1.80. The highest BCUT2D eigenvalue weighted by molar-refractivity contribution is 7.80. The molecular formula is C7H9NS. The molecule has 1 nitrogen and oxygen atoms in total. The first kappa shape index (κ1) is 6.62. The number of aryl methyl sites for hydroxylation is 2. The predicted octanol–water partition coefficient (Wildman–Crippen LogP) is 1.99. The number of thiol groups is 1. The Kier molecular flexibility index (Phi) is 1.76. The van der Waals surface area contributed by atoms with Gasteiger partial charge in [-0.3, -0.25) is 4.98 Å². The van der Waals surface area contributed by atoms with Gasteiger partial charge in [0.15, 0.2) is 0 Å². The van der Waals surface area contributed by atoms with Crippen LogP contribution < -0.4 is 0 Å². The lowest BCUT2D eigenvalue weighted by atomic mass is 10.3. The van der Waals surface area contributed by atoms with Gasteiger partial charge >= 0.3 is 0 Å². The topological polar surface area (TPSA) is 12.9 Å². The van der Waals surface area contributed by atoms with Gasteiger partial charge in [0.2, 0.25) is 0 Å². The van der Waals surface area contributed by atoms with Crippen LogP contribution in [-0.4, -0.2) is 4.98 Å². The Hall–Kier alpha value is -0.500. The first-order valence-corrected chi connectivity index (χ1v) is 3.28. The maximum absolute atomic E-state index is 4.20. The molecule has 0 amide bonds. The average molecular weight is 139 g/mol. The zero-order valence-corrected chi connectivity index (χ0v) is 6.44. The fourth-order valence-electron chi connectivity index (χ4n) is 0.679. The molecule has 0 aliphatic carbocycles. The van der Waals surface area contributed by atoms with E-state index in [4.69, 9.17) is 0 Å². The van der Waals surface area contributed by atoms with Crippen LogP contribution in [0.4, 0.5) is 0 Å². The molecule has 0 saturated carbocycles. The lowest BCUT2D eigenvalue weighted by Gasteiger charge is -1.96. The number of pyridine rings is 1. The molecule has 0 fully saturated rings. The lowest BCUT2D eigenvalue weighted by Crippen LogP contribution is -1.85. The SMILES string of the molecule is Cc1ccc(S)c(C)n1. The second-order valence-electron chi connectivity index (χ2n) is 2.06. The van der Waals surface area contributed by atoms with E-state index in [-0.39, 0.29) is 0 Å². The molecule has 9 heavy (non-hydrogen) atoms. The second kappa shape index (κ2) is 2.40. The van der Waals surface area contributed by atoms with E-state index >= 15 is 0 Å². The van der Waals surface area contributed by atoms with Crippen LogP contribution in [0.3, 0.4) is 0 Å². The fourth-order valence-corrected chi connectivity index (χ4v) is 0.804. The van der Waals surface area contributed by atoms with Gasteiger partial charge in [0, 0.05) is 10.6 Å². The van der Waals surface area contributed by atoms with Crippen molar-refractivity contribution in [2.24, 2.45) is 0 Å². The third-order valence-corrected chi connectivity index (χ3v) is 1.67. The van der Waals surface area contributed by atoms with Crippen LogP contribution in [-0.2, 0) is 0 Å². The van der Waals surface area contributed by atoms with Gasteiger partial charge in [-0.2, -0.15) is 0 Å². The van der Waals surface area contributed by atoms with Gasteiger partial charge in [-0.05, 0) is 26.0 Å². The molecule has 0 aromatic carbocycles. The van der Waals surface area contributed by atoms with Gasteiger partial charge in [-0.15, -0.1) is 12.6 Å². The summed E-state index contributed by atoms with van der Waals surface area (Å²) in [6.45, 7) is 3.93. The smallest absolute Gasteiger partial charge is 0.0508 e. The summed E-state index contributed by atoms with van der Waals surface area (Å²) in [6.07, 6.45) is 0. The molecule has 0 aliphatic heterocycles. The molecule has 48 valence electrons. The normalized spacial score (nSPS) is 9.67. The van der Waals surface area contributed by atoms with E-state index < -0.39 is 0 Å². The summed E-state index contributed by atoms with van der Waals surface area (Å²) in [5, 5.41) is 0. The maximum Gasteiger partial charge on any atom is 0.0508 e. The van der Waals surface area contributed by atoms with Crippen molar-refractivity contribution in [2.45, 2.75) is 18.7 Å². The minimum absolute atomic E-state index is 0.959. The molecule has 0 unspecified atom stereocenters. The minimum atomic E-state index is 0.959. The number of hydrogen-bond acceptors (Lipinski definition) is 2. The van der Waals surface area contributed by atoms with Gasteiger partial charge in [0.25, 0.3) is 0 Å². The van der Waals surface area contributed by atoms with Crippen LogP contribution in [0.15, 0.2) is 17.0 Å². The monoisotopic (exact) mass is 139 g/mol. The minimum Gasteiger partial charge on any atom is -0.257 e. The molecule has 2 heteroatoms. The molecule has 1 rings (SSSR count). The molecule has 1 aromatic rings. The summed E-state index contributed by atoms with van der Waals surface area (Å²) < 4.78 is 0. The first-order valence-electron chi connectivity index (χ1n) is 2.83. The zero-order chi connectivity index (χ0) is 6.85. The number of rotatable bonds is 0. The number of nitrogens with zero attached hydrogens (tertiary/aromatic N) is 1.